The summed E-state index contributed by atoms with van der Waals surface area (Å²) in [5.41, 5.74) is 3.39. The standard InChI is InChI=1S/C11H10N3P/c15-14-6-3-10-9(2-5-13-11(10)14)8-1-4-12-7-8/h1-7,12H,15H2. The molecule has 0 amide bonds. The molecule has 1 unspecified atom stereocenters. The predicted octanol–water partition coefficient (Wildman–Crippen LogP) is 2.67. The molecule has 74 valence electrons. The Bertz CT molecular complexity index is 595. The van der Waals surface area contributed by atoms with Crippen molar-refractivity contribution in [3.63, 3.8) is 0 Å². The van der Waals surface area contributed by atoms with Crippen LogP contribution in [0.3, 0.4) is 0 Å². The van der Waals surface area contributed by atoms with E-state index in [0.717, 1.165) is 5.65 Å². The number of nitrogens with one attached hydrogen (secondary N) is 1. The fourth-order valence-electron chi connectivity index (χ4n) is 1.80. The Labute approximate surface area is 89.4 Å². The summed E-state index contributed by atoms with van der Waals surface area (Å²) in [5.74, 6) is 0. The lowest BCUT2D eigenvalue weighted by Gasteiger charge is -2.00. The molecule has 0 radical (unpaired) electrons. The van der Waals surface area contributed by atoms with Gasteiger partial charge >= 0.3 is 0 Å². The number of hydrogen-bond acceptors (Lipinski definition) is 1. The lowest BCUT2D eigenvalue weighted by Crippen LogP contribution is -1.82. The molecule has 1 N–H and O–H groups in total. The molecular formula is C11H10N3P. The van der Waals surface area contributed by atoms with Crippen LogP contribution in [0.1, 0.15) is 0 Å². The molecule has 0 bridgehead atoms. The number of pyridine rings is 1. The Balaban J connectivity index is 2.36. The zero-order valence-corrected chi connectivity index (χ0v) is 9.17. The predicted molar refractivity (Wildman–Crippen MR) is 64.6 cm³/mol. The van der Waals surface area contributed by atoms with Crippen LogP contribution in [0.4, 0.5) is 0 Å². The highest BCUT2D eigenvalue weighted by molar-refractivity contribution is 7.14. The van der Waals surface area contributed by atoms with Crippen LogP contribution in [-0.4, -0.2) is 14.3 Å². The lowest BCUT2D eigenvalue weighted by atomic mass is 10.1. The van der Waals surface area contributed by atoms with Crippen molar-refractivity contribution in [2.75, 3.05) is 0 Å². The van der Waals surface area contributed by atoms with Crippen molar-refractivity contribution in [2.45, 2.75) is 0 Å². The molecule has 3 aromatic heterocycles. The maximum Gasteiger partial charge on any atom is 0.143 e. The fraction of sp³-hybridized carbons (Fsp3) is 0. The number of hydrogen-bond donors (Lipinski definition) is 1. The van der Waals surface area contributed by atoms with Gasteiger partial charge in [0.2, 0.25) is 0 Å². The summed E-state index contributed by atoms with van der Waals surface area (Å²) >= 11 is 0. The summed E-state index contributed by atoms with van der Waals surface area (Å²) in [4.78, 5) is 7.41. The highest BCUT2D eigenvalue weighted by Crippen LogP contribution is 2.28. The molecule has 0 aliphatic rings. The number of H-pyrrole nitrogens is 1. The van der Waals surface area contributed by atoms with Gasteiger partial charge in [0, 0.05) is 30.2 Å². The summed E-state index contributed by atoms with van der Waals surface area (Å²) in [7, 11) is 2.63. The summed E-state index contributed by atoms with van der Waals surface area (Å²) in [6.07, 6.45) is 7.76. The third-order valence-electron chi connectivity index (χ3n) is 2.52. The quantitative estimate of drug-likeness (QED) is 0.622. The van der Waals surface area contributed by atoms with Gasteiger partial charge in [-0.1, -0.05) is 0 Å². The Hall–Kier alpha value is -1.60. The Morgan fingerprint density at radius 2 is 2.20 bits per heavy atom. The van der Waals surface area contributed by atoms with Crippen LogP contribution in [0.2, 0.25) is 0 Å². The molecule has 0 saturated heterocycles. The van der Waals surface area contributed by atoms with E-state index >= 15 is 0 Å². The van der Waals surface area contributed by atoms with Gasteiger partial charge in [-0.25, -0.2) is 4.98 Å². The zero-order valence-electron chi connectivity index (χ0n) is 8.01. The maximum atomic E-state index is 4.34. The van der Waals surface area contributed by atoms with Gasteiger partial charge in [0.05, 0.1) is 0 Å². The molecule has 0 aliphatic heterocycles. The molecule has 3 aromatic rings. The first kappa shape index (κ1) is 8.69. The maximum absolute atomic E-state index is 4.34. The van der Waals surface area contributed by atoms with Crippen molar-refractivity contribution < 1.29 is 0 Å². The van der Waals surface area contributed by atoms with Crippen LogP contribution in [0.15, 0.2) is 43.0 Å². The van der Waals surface area contributed by atoms with Gasteiger partial charge in [0.1, 0.15) is 5.65 Å². The van der Waals surface area contributed by atoms with Crippen molar-refractivity contribution in [1.82, 2.24) is 14.3 Å². The van der Waals surface area contributed by atoms with E-state index in [4.69, 9.17) is 0 Å². The van der Waals surface area contributed by atoms with E-state index in [0.29, 0.717) is 0 Å². The number of rotatable bonds is 1. The molecule has 3 heterocycles. The molecule has 0 aromatic carbocycles. The van der Waals surface area contributed by atoms with E-state index in [2.05, 4.69) is 31.5 Å². The third-order valence-corrected chi connectivity index (χ3v) is 2.94. The van der Waals surface area contributed by atoms with Crippen LogP contribution in [0.25, 0.3) is 22.2 Å². The Kier molecular flexibility index (Phi) is 1.86. The molecule has 15 heavy (non-hydrogen) atoms. The average molecular weight is 215 g/mol. The zero-order chi connectivity index (χ0) is 10.3. The number of aromatic amines is 1. The van der Waals surface area contributed by atoms with Crippen LogP contribution in [-0.2, 0) is 0 Å². The monoisotopic (exact) mass is 215 g/mol. The van der Waals surface area contributed by atoms with Crippen molar-refractivity contribution >= 4 is 20.4 Å². The van der Waals surface area contributed by atoms with E-state index in [1.54, 1.807) is 0 Å². The van der Waals surface area contributed by atoms with Gasteiger partial charge in [-0.15, -0.1) is 0 Å². The molecule has 3 nitrogen and oxygen atoms in total. The van der Waals surface area contributed by atoms with E-state index in [1.807, 2.05) is 35.2 Å². The molecule has 0 fully saturated rings. The second-order valence-corrected chi connectivity index (χ2v) is 3.97. The molecule has 0 saturated carbocycles. The van der Waals surface area contributed by atoms with E-state index in [1.165, 1.54) is 16.5 Å². The minimum absolute atomic E-state index is 0.985. The highest BCUT2D eigenvalue weighted by atomic mass is 31.0. The topological polar surface area (TPSA) is 33.6 Å². The summed E-state index contributed by atoms with van der Waals surface area (Å²) in [5, 5.41) is 1.17. The van der Waals surface area contributed by atoms with Crippen molar-refractivity contribution in [2.24, 2.45) is 0 Å². The molecular weight excluding hydrogens is 205 g/mol. The Morgan fingerprint density at radius 1 is 1.27 bits per heavy atom. The number of nitrogens with zero attached hydrogens (tertiary/aromatic N) is 2. The molecule has 0 aliphatic carbocycles. The Morgan fingerprint density at radius 3 is 3.00 bits per heavy atom. The lowest BCUT2D eigenvalue weighted by molar-refractivity contribution is 1.26. The first-order valence-corrected chi connectivity index (χ1v) is 5.22. The fourth-order valence-corrected chi connectivity index (χ4v) is 2.09. The largest absolute Gasteiger partial charge is 0.367 e. The van der Waals surface area contributed by atoms with Gasteiger partial charge in [0.15, 0.2) is 0 Å². The van der Waals surface area contributed by atoms with Crippen molar-refractivity contribution in [3.8, 4) is 11.1 Å². The molecule has 0 spiro atoms. The van der Waals surface area contributed by atoms with Gasteiger partial charge in [-0.05, 0) is 38.7 Å². The van der Waals surface area contributed by atoms with Gasteiger partial charge in [0.25, 0.3) is 0 Å². The molecule has 4 heteroatoms. The second kappa shape index (κ2) is 3.21. The molecule has 1 atom stereocenters. The van der Waals surface area contributed by atoms with Gasteiger partial charge < -0.3 is 9.32 Å². The van der Waals surface area contributed by atoms with E-state index < -0.39 is 0 Å². The smallest absolute Gasteiger partial charge is 0.143 e. The van der Waals surface area contributed by atoms with Crippen LogP contribution in [0.5, 0.6) is 0 Å². The minimum Gasteiger partial charge on any atom is -0.367 e. The second-order valence-electron chi connectivity index (χ2n) is 3.42. The van der Waals surface area contributed by atoms with Crippen molar-refractivity contribution in [1.29, 1.82) is 0 Å². The van der Waals surface area contributed by atoms with Crippen molar-refractivity contribution in [3.05, 3.63) is 43.0 Å². The first-order chi connectivity index (χ1) is 7.36. The average Bonchev–Trinajstić information content (AvgIpc) is 2.88. The van der Waals surface area contributed by atoms with E-state index in [-0.39, 0.29) is 0 Å². The van der Waals surface area contributed by atoms with Crippen LogP contribution < -0.4 is 0 Å². The number of aromatic nitrogens is 3. The number of fused-ring (bicyclic) bond motifs is 1. The highest BCUT2D eigenvalue weighted by Gasteiger charge is 2.06. The summed E-state index contributed by atoms with van der Waals surface area (Å²) in [6, 6.07) is 6.18. The third kappa shape index (κ3) is 1.28. The van der Waals surface area contributed by atoms with Crippen LogP contribution in [0, 0.1) is 0 Å². The minimum atomic E-state index is 0.985. The SMILES string of the molecule is Pn1ccc2c(-c3cc[nH]c3)ccnc21. The normalized spacial score (nSPS) is 11.0. The van der Waals surface area contributed by atoms with Crippen LogP contribution >= 0.6 is 9.39 Å². The van der Waals surface area contributed by atoms with Gasteiger partial charge in [-0.3, -0.25) is 0 Å². The molecule has 3 rings (SSSR count). The summed E-state index contributed by atoms with van der Waals surface area (Å²) in [6.45, 7) is 0. The summed E-state index contributed by atoms with van der Waals surface area (Å²) < 4.78 is 1.95. The first-order valence-electron chi connectivity index (χ1n) is 4.70. The van der Waals surface area contributed by atoms with Gasteiger partial charge in [-0.2, -0.15) is 0 Å². The van der Waals surface area contributed by atoms with E-state index in [9.17, 15) is 0 Å².